The molecule has 1 aliphatic rings. The minimum Gasteiger partial charge on any atom is -0.376 e. The first-order valence-corrected chi connectivity index (χ1v) is 6.60. The third-order valence-corrected chi connectivity index (χ3v) is 3.51. The molecule has 0 aromatic heterocycles. The van der Waals surface area contributed by atoms with Gasteiger partial charge in [-0.2, -0.15) is 5.26 Å². The van der Waals surface area contributed by atoms with Crippen LogP contribution in [-0.4, -0.2) is 18.0 Å². The number of anilines is 1. The van der Waals surface area contributed by atoms with E-state index in [0.717, 1.165) is 24.1 Å². The summed E-state index contributed by atoms with van der Waals surface area (Å²) in [4.78, 5) is 11.9. The average Bonchev–Trinajstić information content (AvgIpc) is 3.30. The van der Waals surface area contributed by atoms with E-state index in [2.05, 4.69) is 22.6 Å². The van der Waals surface area contributed by atoms with Crippen molar-refractivity contribution in [2.75, 3.05) is 11.9 Å². The van der Waals surface area contributed by atoms with Gasteiger partial charge in [0.15, 0.2) is 0 Å². The van der Waals surface area contributed by atoms with Crippen LogP contribution < -0.4 is 10.6 Å². The first-order valence-electron chi connectivity index (χ1n) is 6.60. The lowest BCUT2D eigenvalue weighted by molar-refractivity contribution is -0.120. The third-order valence-electron chi connectivity index (χ3n) is 3.51. The summed E-state index contributed by atoms with van der Waals surface area (Å²) in [5.41, 5.74) is 0.801. The van der Waals surface area contributed by atoms with Crippen LogP contribution in [0.25, 0.3) is 0 Å². The van der Waals surface area contributed by atoms with Gasteiger partial charge in [-0.1, -0.05) is 12.0 Å². The van der Waals surface area contributed by atoms with Crippen LogP contribution >= 0.6 is 0 Å². The largest absolute Gasteiger partial charge is 0.376 e. The predicted molar refractivity (Wildman–Crippen MR) is 77.8 cm³/mol. The number of amides is 1. The molecule has 2 N–H and O–H groups in total. The first kappa shape index (κ1) is 14.0. The monoisotopic (exact) mass is 267 g/mol. The third kappa shape index (κ3) is 3.30. The molecule has 4 heteroatoms. The van der Waals surface area contributed by atoms with Gasteiger partial charge in [0, 0.05) is 11.3 Å². The summed E-state index contributed by atoms with van der Waals surface area (Å²) in [6.07, 6.45) is 7.33. The summed E-state index contributed by atoms with van der Waals surface area (Å²) >= 11 is 0. The Bertz CT molecular complexity index is 592. The van der Waals surface area contributed by atoms with E-state index in [-0.39, 0.29) is 18.4 Å². The topological polar surface area (TPSA) is 64.9 Å². The zero-order valence-corrected chi connectivity index (χ0v) is 11.4. The molecule has 0 aliphatic heterocycles. The van der Waals surface area contributed by atoms with E-state index in [1.165, 1.54) is 0 Å². The van der Waals surface area contributed by atoms with Crippen molar-refractivity contribution in [3.8, 4) is 18.4 Å². The number of carbonyl (C=O) groups is 1. The van der Waals surface area contributed by atoms with Crippen LogP contribution in [0.5, 0.6) is 0 Å². The molecular weight excluding hydrogens is 250 g/mol. The van der Waals surface area contributed by atoms with Crippen LogP contribution in [-0.2, 0) is 4.79 Å². The summed E-state index contributed by atoms with van der Waals surface area (Å²) in [7, 11) is 0. The fourth-order valence-electron chi connectivity index (χ4n) is 2.12. The van der Waals surface area contributed by atoms with E-state index >= 15 is 0 Å². The van der Waals surface area contributed by atoms with Gasteiger partial charge in [0.1, 0.15) is 5.54 Å². The molecule has 1 amide bonds. The van der Waals surface area contributed by atoms with Crippen molar-refractivity contribution < 1.29 is 4.79 Å². The Morgan fingerprint density at radius 1 is 1.55 bits per heavy atom. The fourth-order valence-corrected chi connectivity index (χ4v) is 2.12. The highest BCUT2D eigenvalue weighted by Gasteiger charge is 2.42. The molecule has 102 valence electrons. The van der Waals surface area contributed by atoms with Crippen LogP contribution in [0, 0.1) is 29.6 Å². The molecule has 2 rings (SSSR count). The van der Waals surface area contributed by atoms with Crippen molar-refractivity contribution in [2.24, 2.45) is 5.92 Å². The maximum atomic E-state index is 11.9. The smallest absolute Gasteiger partial charge is 0.240 e. The Labute approximate surface area is 119 Å². The van der Waals surface area contributed by atoms with Crippen molar-refractivity contribution in [1.82, 2.24) is 5.32 Å². The molecule has 0 spiro atoms. The maximum absolute atomic E-state index is 11.9. The highest BCUT2D eigenvalue weighted by atomic mass is 16.2. The minimum atomic E-state index is -0.751. The lowest BCUT2D eigenvalue weighted by atomic mass is 9.98. The second-order valence-corrected chi connectivity index (χ2v) is 5.22. The van der Waals surface area contributed by atoms with Gasteiger partial charge in [0.2, 0.25) is 5.91 Å². The molecule has 0 saturated heterocycles. The number of nitrogens with one attached hydrogen (secondary N) is 2. The molecule has 1 unspecified atom stereocenters. The summed E-state index contributed by atoms with van der Waals surface area (Å²) in [5.74, 6) is 2.63. The van der Waals surface area contributed by atoms with Crippen LogP contribution in [0.3, 0.4) is 0 Å². The van der Waals surface area contributed by atoms with Crippen LogP contribution in [0.2, 0.25) is 0 Å². The molecule has 1 aliphatic carbocycles. The first-order chi connectivity index (χ1) is 9.57. The summed E-state index contributed by atoms with van der Waals surface area (Å²) in [6.45, 7) is 1.90. The zero-order valence-electron chi connectivity index (χ0n) is 11.4. The van der Waals surface area contributed by atoms with Crippen molar-refractivity contribution in [2.45, 2.75) is 25.3 Å². The van der Waals surface area contributed by atoms with E-state index < -0.39 is 5.54 Å². The van der Waals surface area contributed by atoms with Crippen molar-refractivity contribution in [1.29, 1.82) is 5.26 Å². The molecule has 4 nitrogen and oxygen atoms in total. The molecule has 20 heavy (non-hydrogen) atoms. The Hall–Kier alpha value is -2.46. The standard InChI is InChI=1S/C16H17N3O/c1-3-12-5-4-6-14(9-12)18-10-15(20)19-16(2,11-17)13-7-8-13/h1,4-6,9,13,18H,7-8,10H2,2H3,(H,19,20). The second kappa shape index (κ2) is 5.67. The van der Waals surface area contributed by atoms with E-state index in [0.29, 0.717) is 0 Å². The number of hydrogen-bond donors (Lipinski definition) is 2. The van der Waals surface area contributed by atoms with Crippen LogP contribution in [0.15, 0.2) is 24.3 Å². The number of benzene rings is 1. The van der Waals surface area contributed by atoms with E-state index in [9.17, 15) is 10.1 Å². The average molecular weight is 267 g/mol. The van der Waals surface area contributed by atoms with Crippen molar-refractivity contribution >= 4 is 11.6 Å². The van der Waals surface area contributed by atoms with Crippen molar-refractivity contribution in [3.63, 3.8) is 0 Å². The molecule has 0 radical (unpaired) electrons. The maximum Gasteiger partial charge on any atom is 0.240 e. The van der Waals surface area contributed by atoms with Gasteiger partial charge < -0.3 is 10.6 Å². The Morgan fingerprint density at radius 3 is 2.90 bits per heavy atom. The summed E-state index contributed by atoms with van der Waals surface area (Å²) < 4.78 is 0. The molecular formula is C16H17N3O. The lowest BCUT2D eigenvalue weighted by Crippen LogP contribution is -2.48. The van der Waals surface area contributed by atoms with Crippen LogP contribution in [0.4, 0.5) is 5.69 Å². The van der Waals surface area contributed by atoms with Gasteiger partial charge in [-0.3, -0.25) is 4.79 Å². The zero-order chi connectivity index (χ0) is 14.6. The molecule has 1 aromatic rings. The van der Waals surface area contributed by atoms with Gasteiger partial charge in [-0.05, 0) is 43.9 Å². The number of rotatable bonds is 5. The van der Waals surface area contributed by atoms with E-state index in [4.69, 9.17) is 6.42 Å². The van der Waals surface area contributed by atoms with Gasteiger partial charge >= 0.3 is 0 Å². The molecule has 1 fully saturated rings. The number of nitriles is 1. The molecule has 0 bridgehead atoms. The van der Waals surface area contributed by atoms with Gasteiger partial charge in [-0.15, -0.1) is 6.42 Å². The summed E-state index contributed by atoms with van der Waals surface area (Å²) in [6, 6.07) is 9.51. The number of terminal acetylenes is 1. The predicted octanol–water partition coefficient (Wildman–Crippen LogP) is 1.89. The van der Waals surface area contributed by atoms with E-state index in [1.807, 2.05) is 18.2 Å². The number of carbonyl (C=O) groups excluding carboxylic acids is 1. The fraction of sp³-hybridized carbons (Fsp3) is 0.375. The second-order valence-electron chi connectivity index (χ2n) is 5.22. The van der Waals surface area contributed by atoms with Gasteiger partial charge in [0.05, 0.1) is 12.6 Å². The SMILES string of the molecule is C#Cc1cccc(NCC(=O)NC(C)(C#N)C2CC2)c1. The minimum absolute atomic E-state index is 0.123. The Morgan fingerprint density at radius 2 is 2.30 bits per heavy atom. The molecule has 0 heterocycles. The highest BCUT2D eigenvalue weighted by Crippen LogP contribution is 2.39. The van der Waals surface area contributed by atoms with Crippen molar-refractivity contribution in [3.05, 3.63) is 29.8 Å². The van der Waals surface area contributed by atoms with E-state index in [1.54, 1.807) is 13.0 Å². The quantitative estimate of drug-likeness (QED) is 0.801. The van der Waals surface area contributed by atoms with Gasteiger partial charge in [-0.25, -0.2) is 0 Å². The Kier molecular flexibility index (Phi) is 3.96. The number of hydrogen-bond acceptors (Lipinski definition) is 3. The molecule has 1 saturated carbocycles. The number of nitrogens with zero attached hydrogens (tertiary/aromatic N) is 1. The van der Waals surface area contributed by atoms with Gasteiger partial charge in [0.25, 0.3) is 0 Å². The molecule has 1 atom stereocenters. The highest BCUT2D eigenvalue weighted by molar-refractivity contribution is 5.82. The normalized spacial score (nSPS) is 16.4. The Balaban J connectivity index is 1.89. The lowest BCUT2D eigenvalue weighted by Gasteiger charge is -2.23. The molecule has 1 aromatic carbocycles. The van der Waals surface area contributed by atoms with Crippen LogP contribution in [0.1, 0.15) is 25.3 Å². The summed E-state index contributed by atoms with van der Waals surface area (Å²) in [5, 5.41) is 15.0.